The Labute approximate surface area is 151 Å². The van der Waals surface area contributed by atoms with E-state index < -0.39 is 0 Å². The van der Waals surface area contributed by atoms with Crippen molar-refractivity contribution in [2.75, 3.05) is 13.1 Å². The molecule has 4 rings (SSSR count). The summed E-state index contributed by atoms with van der Waals surface area (Å²) in [4.78, 5) is 30.1. The highest BCUT2D eigenvalue weighted by atomic mass is 16.2. The van der Waals surface area contributed by atoms with Crippen molar-refractivity contribution in [3.8, 4) is 5.69 Å². The van der Waals surface area contributed by atoms with E-state index in [2.05, 4.69) is 4.98 Å². The monoisotopic (exact) mass is 348 g/mol. The minimum atomic E-state index is -0.269. The minimum absolute atomic E-state index is 0.00467. The molecular formula is C20H20N4O2. The molecule has 132 valence electrons. The Morgan fingerprint density at radius 1 is 1.00 bits per heavy atom. The van der Waals surface area contributed by atoms with Crippen molar-refractivity contribution in [3.05, 3.63) is 60.4 Å². The number of hydrogen-bond acceptors (Lipinski definition) is 3. The van der Waals surface area contributed by atoms with E-state index in [9.17, 15) is 9.59 Å². The van der Waals surface area contributed by atoms with Crippen LogP contribution in [0.2, 0.25) is 0 Å². The fourth-order valence-corrected chi connectivity index (χ4v) is 3.48. The summed E-state index contributed by atoms with van der Waals surface area (Å²) in [6.07, 6.45) is 3.07. The van der Waals surface area contributed by atoms with Crippen LogP contribution in [0.15, 0.2) is 54.9 Å². The first-order valence-corrected chi connectivity index (χ1v) is 8.74. The molecule has 0 aliphatic carbocycles. The van der Waals surface area contributed by atoms with Crippen molar-refractivity contribution in [2.45, 2.75) is 12.8 Å². The highest BCUT2D eigenvalue weighted by Crippen LogP contribution is 2.21. The Hall–Kier alpha value is -3.15. The van der Waals surface area contributed by atoms with Gasteiger partial charge in [0.05, 0.1) is 11.0 Å². The predicted octanol–water partition coefficient (Wildman–Crippen LogP) is 2.36. The zero-order valence-corrected chi connectivity index (χ0v) is 14.3. The number of hydrogen-bond donors (Lipinski definition) is 1. The molecule has 2 amide bonds. The van der Waals surface area contributed by atoms with Crippen molar-refractivity contribution in [3.63, 3.8) is 0 Å². The lowest BCUT2D eigenvalue weighted by Gasteiger charge is -2.30. The smallest absolute Gasteiger partial charge is 0.253 e. The lowest BCUT2D eigenvalue weighted by Crippen LogP contribution is -2.41. The maximum absolute atomic E-state index is 12.7. The number of fused-ring (bicyclic) bond motifs is 1. The summed E-state index contributed by atoms with van der Waals surface area (Å²) in [7, 11) is 0. The molecule has 0 radical (unpaired) electrons. The number of imidazole rings is 1. The first kappa shape index (κ1) is 16.3. The Bertz CT molecular complexity index is 953. The van der Waals surface area contributed by atoms with Gasteiger partial charge in [-0.15, -0.1) is 0 Å². The summed E-state index contributed by atoms with van der Waals surface area (Å²) in [5, 5.41) is 0. The average Bonchev–Trinajstić information content (AvgIpc) is 3.12. The van der Waals surface area contributed by atoms with Crippen molar-refractivity contribution < 1.29 is 9.59 Å². The molecule has 2 heterocycles. The van der Waals surface area contributed by atoms with Gasteiger partial charge in [-0.3, -0.25) is 14.2 Å². The van der Waals surface area contributed by atoms with Gasteiger partial charge in [-0.1, -0.05) is 12.1 Å². The molecule has 0 unspecified atom stereocenters. The summed E-state index contributed by atoms with van der Waals surface area (Å²) in [5.41, 5.74) is 8.93. The first-order valence-electron chi connectivity index (χ1n) is 8.74. The van der Waals surface area contributed by atoms with Crippen LogP contribution in [0, 0.1) is 5.92 Å². The standard InChI is InChI=1S/C20H20N4O2/c21-19(25)14-9-11-23(12-10-14)20(26)15-5-7-16(8-6-15)24-13-22-17-3-1-2-4-18(17)24/h1-8,13-14H,9-12H2,(H2,21,25). The van der Waals surface area contributed by atoms with Crippen molar-refractivity contribution in [1.82, 2.24) is 14.5 Å². The van der Waals surface area contributed by atoms with Crippen LogP contribution < -0.4 is 5.73 Å². The summed E-state index contributed by atoms with van der Waals surface area (Å²) in [6.45, 7) is 1.14. The number of nitrogens with zero attached hydrogens (tertiary/aromatic N) is 3. The second-order valence-electron chi connectivity index (χ2n) is 6.62. The number of piperidine rings is 1. The van der Waals surface area contributed by atoms with Gasteiger partial charge < -0.3 is 10.6 Å². The highest BCUT2D eigenvalue weighted by molar-refractivity contribution is 5.94. The van der Waals surface area contributed by atoms with Gasteiger partial charge in [-0.25, -0.2) is 4.98 Å². The lowest BCUT2D eigenvalue weighted by molar-refractivity contribution is -0.123. The molecule has 6 nitrogen and oxygen atoms in total. The van der Waals surface area contributed by atoms with Gasteiger partial charge in [-0.2, -0.15) is 0 Å². The Balaban J connectivity index is 1.51. The van der Waals surface area contributed by atoms with E-state index in [1.807, 2.05) is 53.1 Å². The molecule has 26 heavy (non-hydrogen) atoms. The number of rotatable bonds is 3. The molecule has 2 N–H and O–H groups in total. The molecule has 1 aliphatic rings. The molecule has 1 aromatic heterocycles. The van der Waals surface area contributed by atoms with Gasteiger partial charge in [0.2, 0.25) is 5.91 Å². The Morgan fingerprint density at radius 2 is 1.69 bits per heavy atom. The van der Waals surface area contributed by atoms with E-state index in [-0.39, 0.29) is 17.7 Å². The minimum Gasteiger partial charge on any atom is -0.369 e. The zero-order chi connectivity index (χ0) is 18.1. The summed E-state index contributed by atoms with van der Waals surface area (Å²) in [6, 6.07) is 15.5. The predicted molar refractivity (Wildman–Crippen MR) is 98.9 cm³/mol. The first-order chi connectivity index (χ1) is 12.6. The molecule has 2 aromatic carbocycles. The number of primary amides is 1. The van der Waals surface area contributed by atoms with E-state index in [4.69, 9.17) is 5.73 Å². The van der Waals surface area contributed by atoms with Crippen LogP contribution in [-0.4, -0.2) is 39.4 Å². The van der Waals surface area contributed by atoms with Crippen LogP contribution in [0.1, 0.15) is 23.2 Å². The van der Waals surface area contributed by atoms with Gasteiger partial charge in [0.15, 0.2) is 0 Å². The number of carbonyl (C=O) groups excluding carboxylic acids is 2. The molecule has 3 aromatic rings. The summed E-state index contributed by atoms with van der Waals surface area (Å²) >= 11 is 0. The normalized spacial score (nSPS) is 15.3. The van der Waals surface area contributed by atoms with Crippen LogP contribution >= 0.6 is 0 Å². The highest BCUT2D eigenvalue weighted by Gasteiger charge is 2.26. The molecule has 1 fully saturated rings. The number of likely N-dealkylation sites (tertiary alicyclic amines) is 1. The number of amides is 2. The molecule has 1 aliphatic heterocycles. The zero-order valence-electron chi connectivity index (χ0n) is 14.3. The van der Waals surface area contributed by atoms with Gasteiger partial charge in [0, 0.05) is 30.3 Å². The summed E-state index contributed by atoms with van der Waals surface area (Å²) in [5.74, 6) is -0.389. The van der Waals surface area contributed by atoms with E-state index >= 15 is 0 Å². The van der Waals surface area contributed by atoms with Gasteiger partial charge >= 0.3 is 0 Å². The average molecular weight is 348 g/mol. The van der Waals surface area contributed by atoms with Crippen molar-refractivity contribution >= 4 is 22.8 Å². The Morgan fingerprint density at radius 3 is 2.38 bits per heavy atom. The third-order valence-electron chi connectivity index (χ3n) is 5.03. The number of nitrogens with two attached hydrogens (primary N) is 1. The summed E-state index contributed by atoms with van der Waals surface area (Å²) < 4.78 is 2.00. The van der Waals surface area contributed by atoms with E-state index in [1.165, 1.54) is 0 Å². The van der Waals surface area contributed by atoms with Crippen molar-refractivity contribution in [1.29, 1.82) is 0 Å². The molecule has 0 bridgehead atoms. The molecular weight excluding hydrogens is 328 g/mol. The van der Waals surface area contributed by atoms with Gasteiger partial charge in [0.1, 0.15) is 6.33 Å². The largest absolute Gasteiger partial charge is 0.369 e. The maximum atomic E-state index is 12.7. The van der Waals surface area contributed by atoms with Crippen LogP contribution in [0.3, 0.4) is 0 Å². The second kappa shape index (κ2) is 6.63. The molecule has 0 saturated carbocycles. The van der Waals surface area contributed by atoms with Gasteiger partial charge in [-0.05, 0) is 49.2 Å². The lowest BCUT2D eigenvalue weighted by atomic mass is 9.96. The van der Waals surface area contributed by atoms with Crippen molar-refractivity contribution in [2.24, 2.45) is 11.7 Å². The Kier molecular flexibility index (Phi) is 4.16. The number of benzene rings is 2. The molecule has 6 heteroatoms. The molecule has 0 atom stereocenters. The second-order valence-corrected chi connectivity index (χ2v) is 6.62. The third-order valence-corrected chi connectivity index (χ3v) is 5.03. The van der Waals surface area contributed by atoms with Crippen LogP contribution in [-0.2, 0) is 4.79 Å². The maximum Gasteiger partial charge on any atom is 0.253 e. The third kappa shape index (κ3) is 2.94. The number of carbonyl (C=O) groups is 2. The fourth-order valence-electron chi connectivity index (χ4n) is 3.48. The van der Waals surface area contributed by atoms with Crippen LogP contribution in [0.4, 0.5) is 0 Å². The SMILES string of the molecule is NC(=O)C1CCN(C(=O)c2ccc(-n3cnc4ccccc43)cc2)CC1. The number of aromatic nitrogens is 2. The van der Waals surface area contributed by atoms with Gasteiger partial charge in [0.25, 0.3) is 5.91 Å². The quantitative estimate of drug-likeness (QED) is 0.789. The molecule has 1 saturated heterocycles. The van der Waals surface area contributed by atoms with Crippen LogP contribution in [0.5, 0.6) is 0 Å². The van der Waals surface area contributed by atoms with E-state index in [1.54, 1.807) is 11.2 Å². The fraction of sp³-hybridized carbons (Fsp3) is 0.250. The topological polar surface area (TPSA) is 81.2 Å². The van der Waals surface area contributed by atoms with E-state index in [0.29, 0.717) is 31.5 Å². The van der Waals surface area contributed by atoms with Crippen LogP contribution in [0.25, 0.3) is 16.7 Å². The molecule has 0 spiro atoms. The number of para-hydroxylation sites is 2. The van der Waals surface area contributed by atoms with E-state index in [0.717, 1.165) is 16.7 Å².